The van der Waals surface area contributed by atoms with E-state index in [1.165, 1.54) is 0 Å². The molecule has 1 aromatic heterocycles. The Bertz CT molecular complexity index is 791. The molecule has 0 bridgehead atoms. The topological polar surface area (TPSA) is 35.5 Å². The van der Waals surface area contributed by atoms with E-state index in [0.29, 0.717) is 13.1 Å². The van der Waals surface area contributed by atoms with Crippen LogP contribution >= 0.6 is 0 Å². The third-order valence-electron chi connectivity index (χ3n) is 4.52. The van der Waals surface area contributed by atoms with Crippen molar-refractivity contribution in [1.29, 1.82) is 0 Å². The van der Waals surface area contributed by atoms with E-state index in [9.17, 15) is 13.2 Å². The summed E-state index contributed by atoms with van der Waals surface area (Å²) < 4.78 is 40.0. The maximum absolute atomic E-state index is 13.3. The van der Waals surface area contributed by atoms with Crippen LogP contribution in [-0.2, 0) is 12.7 Å². The molecule has 140 valence electrons. The van der Waals surface area contributed by atoms with Gasteiger partial charge in [-0.2, -0.15) is 18.2 Å². The Morgan fingerprint density at radius 2 is 1.85 bits per heavy atom. The first-order valence-corrected chi connectivity index (χ1v) is 8.36. The largest absolute Gasteiger partial charge is 0.433 e. The van der Waals surface area contributed by atoms with Crippen LogP contribution in [0.4, 0.5) is 30.6 Å². The minimum Gasteiger partial charge on any atom is -0.372 e. The van der Waals surface area contributed by atoms with Crippen LogP contribution < -0.4 is 14.7 Å². The summed E-state index contributed by atoms with van der Waals surface area (Å²) in [4.78, 5) is 13.7. The van der Waals surface area contributed by atoms with Crippen molar-refractivity contribution in [3.63, 3.8) is 0 Å². The Morgan fingerprint density at radius 3 is 2.50 bits per heavy atom. The summed E-state index contributed by atoms with van der Waals surface area (Å²) in [5.41, 5.74) is 1.18. The molecule has 1 aliphatic heterocycles. The van der Waals surface area contributed by atoms with E-state index >= 15 is 0 Å². The average molecular weight is 365 g/mol. The lowest BCUT2D eigenvalue weighted by molar-refractivity contribution is -0.141. The van der Waals surface area contributed by atoms with Crippen LogP contribution in [0, 0.1) is 0 Å². The monoisotopic (exact) mass is 365 g/mol. The molecule has 0 N–H and O–H groups in total. The van der Waals surface area contributed by atoms with Gasteiger partial charge < -0.3 is 14.7 Å². The molecule has 0 spiro atoms. The third-order valence-corrected chi connectivity index (χ3v) is 4.52. The molecule has 5 nitrogen and oxygen atoms in total. The van der Waals surface area contributed by atoms with Crippen molar-refractivity contribution in [3.05, 3.63) is 41.6 Å². The minimum absolute atomic E-state index is 0.0501. The lowest BCUT2D eigenvalue weighted by atomic mass is 10.1. The van der Waals surface area contributed by atoms with Crippen LogP contribution in [0.5, 0.6) is 0 Å². The Kier molecular flexibility index (Phi) is 4.68. The predicted octanol–water partition coefficient (Wildman–Crippen LogP) is 3.41. The summed E-state index contributed by atoms with van der Waals surface area (Å²) in [5, 5.41) is 0. The number of anilines is 3. The first-order chi connectivity index (χ1) is 12.2. The van der Waals surface area contributed by atoms with Gasteiger partial charge in [-0.1, -0.05) is 18.2 Å². The molecule has 0 aliphatic carbocycles. The number of hydrogen-bond donors (Lipinski definition) is 0. The molecule has 1 aliphatic rings. The number of nitrogens with zero attached hydrogens (tertiary/aromatic N) is 5. The number of fused-ring (bicyclic) bond motifs is 1. The van der Waals surface area contributed by atoms with Crippen LogP contribution in [0.2, 0.25) is 0 Å². The van der Waals surface area contributed by atoms with Crippen LogP contribution in [-0.4, -0.2) is 43.7 Å². The first kappa shape index (κ1) is 18.3. The van der Waals surface area contributed by atoms with Gasteiger partial charge in [-0.3, -0.25) is 0 Å². The number of halogens is 3. The van der Waals surface area contributed by atoms with E-state index in [0.717, 1.165) is 17.3 Å². The van der Waals surface area contributed by atoms with Crippen LogP contribution in [0.15, 0.2) is 30.3 Å². The standard InChI is InChI=1S/C18H22F3N5/c1-12-10-25(4)14-8-6-5-7-13(14)11-26(12)17-22-15(18(19,20)21)9-16(23-17)24(2)3/h5-9,12H,10-11H2,1-4H3. The molecule has 0 amide bonds. The fraction of sp³-hybridized carbons (Fsp3) is 0.444. The average Bonchev–Trinajstić information content (AvgIpc) is 2.70. The summed E-state index contributed by atoms with van der Waals surface area (Å²) in [7, 11) is 5.32. The number of rotatable bonds is 2. The van der Waals surface area contributed by atoms with Gasteiger partial charge in [0.15, 0.2) is 5.69 Å². The zero-order valence-corrected chi connectivity index (χ0v) is 15.2. The van der Waals surface area contributed by atoms with Crippen molar-refractivity contribution < 1.29 is 13.2 Å². The quantitative estimate of drug-likeness (QED) is 0.815. The summed E-state index contributed by atoms with van der Waals surface area (Å²) >= 11 is 0. The molecule has 0 saturated heterocycles. The Hall–Kier alpha value is -2.51. The van der Waals surface area contributed by atoms with Crippen LogP contribution in [0.25, 0.3) is 0 Å². The molecule has 2 heterocycles. The van der Waals surface area contributed by atoms with Gasteiger partial charge in [0.25, 0.3) is 0 Å². The fourth-order valence-electron chi connectivity index (χ4n) is 3.14. The molecule has 0 saturated carbocycles. The molecule has 26 heavy (non-hydrogen) atoms. The summed E-state index contributed by atoms with van der Waals surface area (Å²) in [6, 6.07) is 8.82. The predicted molar refractivity (Wildman–Crippen MR) is 96.7 cm³/mol. The smallest absolute Gasteiger partial charge is 0.372 e. The molecule has 0 fully saturated rings. The van der Waals surface area contributed by atoms with E-state index in [4.69, 9.17) is 0 Å². The first-order valence-electron chi connectivity index (χ1n) is 8.36. The van der Waals surface area contributed by atoms with Crippen molar-refractivity contribution >= 4 is 17.5 Å². The van der Waals surface area contributed by atoms with Gasteiger partial charge in [-0.15, -0.1) is 0 Å². The summed E-state index contributed by atoms with van der Waals surface area (Å²) in [6.45, 7) is 3.09. The summed E-state index contributed by atoms with van der Waals surface area (Å²) in [6.07, 6.45) is -4.52. The van der Waals surface area contributed by atoms with Gasteiger partial charge in [0, 0.05) is 52.0 Å². The number of para-hydroxylation sites is 1. The second-order valence-corrected chi connectivity index (χ2v) is 6.79. The van der Waals surface area contributed by atoms with Crippen LogP contribution in [0.3, 0.4) is 0 Å². The van der Waals surface area contributed by atoms with Gasteiger partial charge in [-0.05, 0) is 18.6 Å². The van der Waals surface area contributed by atoms with Gasteiger partial charge >= 0.3 is 6.18 Å². The van der Waals surface area contributed by atoms with Crippen molar-refractivity contribution in [2.75, 3.05) is 42.4 Å². The van der Waals surface area contributed by atoms with Crippen molar-refractivity contribution in [2.45, 2.75) is 25.7 Å². The maximum Gasteiger partial charge on any atom is 0.433 e. The van der Waals surface area contributed by atoms with E-state index in [1.807, 2.05) is 43.1 Å². The zero-order valence-electron chi connectivity index (χ0n) is 15.2. The zero-order chi connectivity index (χ0) is 19.1. The van der Waals surface area contributed by atoms with Crippen molar-refractivity contribution in [3.8, 4) is 0 Å². The lowest BCUT2D eigenvalue weighted by Crippen LogP contribution is -2.39. The molecule has 1 aromatic carbocycles. The number of aromatic nitrogens is 2. The van der Waals surface area contributed by atoms with E-state index < -0.39 is 11.9 Å². The highest BCUT2D eigenvalue weighted by Crippen LogP contribution is 2.33. The molecular weight excluding hydrogens is 343 g/mol. The normalized spacial score (nSPS) is 17.7. The summed E-state index contributed by atoms with van der Waals surface area (Å²) in [5.74, 6) is 0.335. The second kappa shape index (κ2) is 6.66. The van der Waals surface area contributed by atoms with Gasteiger partial charge in [0.05, 0.1) is 0 Å². The number of hydrogen-bond acceptors (Lipinski definition) is 5. The molecule has 1 unspecified atom stereocenters. The third kappa shape index (κ3) is 3.54. The second-order valence-electron chi connectivity index (χ2n) is 6.79. The molecule has 2 aromatic rings. The van der Waals surface area contributed by atoms with Crippen molar-refractivity contribution in [2.24, 2.45) is 0 Å². The van der Waals surface area contributed by atoms with Crippen molar-refractivity contribution in [1.82, 2.24) is 9.97 Å². The minimum atomic E-state index is -4.52. The molecule has 0 radical (unpaired) electrons. The molecule has 1 atom stereocenters. The Labute approximate surface area is 151 Å². The highest BCUT2D eigenvalue weighted by molar-refractivity contribution is 5.57. The molecular formula is C18H22F3N5. The molecule has 3 rings (SSSR count). The lowest BCUT2D eigenvalue weighted by Gasteiger charge is -2.29. The van der Waals surface area contributed by atoms with Gasteiger partial charge in [-0.25, -0.2) is 4.98 Å². The van der Waals surface area contributed by atoms with Gasteiger partial charge in [0.2, 0.25) is 5.95 Å². The van der Waals surface area contributed by atoms with Gasteiger partial charge in [0.1, 0.15) is 5.82 Å². The SMILES string of the molecule is CC1CN(C)c2ccccc2CN1c1nc(N(C)C)cc(C(F)(F)F)n1. The molecule has 8 heteroatoms. The van der Waals surface area contributed by atoms with Crippen LogP contribution in [0.1, 0.15) is 18.2 Å². The fourth-order valence-corrected chi connectivity index (χ4v) is 3.14. The van der Waals surface area contributed by atoms with E-state index in [-0.39, 0.29) is 17.8 Å². The number of alkyl halides is 3. The Morgan fingerprint density at radius 1 is 1.15 bits per heavy atom. The maximum atomic E-state index is 13.3. The highest BCUT2D eigenvalue weighted by atomic mass is 19.4. The van der Waals surface area contributed by atoms with E-state index in [2.05, 4.69) is 14.9 Å². The van der Waals surface area contributed by atoms with E-state index in [1.54, 1.807) is 19.0 Å². The Balaban J connectivity index is 2.08. The number of benzene rings is 1. The number of likely N-dealkylation sites (N-methyl/N-ethyl adjacent to an activating group) is 1. The highest BCUT2D eigenvalue weighted by Gasteiger charge is 2.35.